The first-order chi connectivity index (χ1) is 13.3. The molecule has 0 radical (unpaired) electrons. The Morgan fingerprint density at radius 2 is 1.52 bits per heavy atom. The van der Waals surface area contributed by atoms with Crippen LogP contribution in [0.4, 0.5) is 10.1 Å². The number of nitrogens with zero attached hydrogens (tertiary/aromatic N) is 2. The van der Waals surface area contributed by atoms with Gasteiger partial charge in [0.05, 0.1) is 0 Å². The van der Waals surface area contributed by atoms with Gasteiger partial charge in [-0.15, -0.1) is 0 Å². The minimum atomic E-state index is -0.238. The number of anilines is 1. The number of hydrogen-bond acceptors (Lipinski definition) is 3. The lowest BCUT2D eigenvalue weighted by Gasteiger charge is -2.29. The number of nitrogens with one attached hydrogen (secondary N) is 1. The predicted molar refractivity (Wildman–Crippen MR) is 110 cm³/mol. The van der Waals surface area contributed by atoms with E-state index in [1.54, 1.807) is 24.5 Å². The minimum absolute atomic E-state index is 0.238. The topological polar surface area (TPSA) is 28.2 Å². The lowest BCUT2D eigenvalue weighted by Crippen LogP contribution is -2.43. The van der Waals surface area contributed by atoms with Crippen LogP contribution in [-0.4, -0.2) is 31.2 Å². The number of hydrogen-bond donors (Lipinski definition) is 1. The Hall–Kier alpha value is -2.98. The van der Waals surface area contributed by atoms with E-state index in [1.165, 1.54) is 5.69 Å². The molecule has 1 aromatic heterocycles. The highest BCUT2D eigenvalue weighted by Crippen LogP contribution is 2.23. The van der Waals surface area contributed by atoms with Crippen LogP contribution >= 0.6 is 0 Å². The van der Waals surface area contributed by atoms with E-state index in [2.05, 4.69) is 39.5 Å². The summed E-state index contributed by atoms with van der Waals surface area (Å²) in [5, 5.41) is 3.37. The molecule has 2 aromatic carbocycles. The van der Waals surface area contributed by atoms with Gasteiger partial charge in [-0.3, -0.25) is 4.98 Å². The van der Waals surface area contributed by atoms with E-state index in [1.807, 2.05) is 30.4 Å². The van der Waals surface area contributed by atoms with Gasteiger partial charge in [-0.1, -0.05) is 24.3 Å². The molecular weight excluding hydrogens is 337 g/mol. The Bertz CT molecular complexity index is 914. The fourth-order valence-corrected chi connectivity index (χ4v) is 3.33. The number of benzene rings is 2. The van der Waals surface area contributed by atoms with Gasteiger partial charge in [-0.25, -0.2) is 4.39 Å². The predicted octanol–water partition coefficient (Wildman–Crippen LogP) is 4.47. The maximum absolute atomic E-state index is 14.0. The zero-order valence-corrected chi connectivity index (χ0v) is 15.1. The molecule has 0 atom stereocenters. The second-order valence-corrected chi connectivity index (χ2v) is 6.67. The maximum atomic E-state index is 14.0. The zero-order chi connectivity index (χ0) is 18.5. The highest BCUT2D eigenvalue weighted by atomic mass is 19.1. The van der Waals surface area contributed by atoms with Crippen molar-refractivity contribution in [1.29, 1.82) is 0 Å². The van der Waals surface area contributed by atoms with Crippen molar-refractivity contribution in [1.82, 2.24) is 10.3 Å². The number of pyridine rings is 1. The summed E-state index contributed by atoms with van der Waals surface area (Å²) >= 11 is 0. The van der Waals surface area contributed by atoms with Crippen LogP contribution in [0.25, 0.3) is 23.3 Å². The molecule has 0 saturated carbocycles. The molecule has 0 spiro atoms. The zero-order valence-electron chi connectivity index (χ0n) is 15.1. The fourth-order valence-electron chi connectivity index (χ4n) is 3.33. The summed E-state index contributed by atoms with van der Waals surface area (Å²) < 4.78 is 14.0. The molecule has 1 saturated heterocycles. The molecule has 2 heterocycles. The smallest absolute Gasteiger partial charge is 0.124 e. The summed E-state index contributed by atoms with van der Waals surface area (Å²) in [6.45, 7) is 4.13. The van der Waals surface area contributed by atoms with Gasteiger partial charge in [0.2, 0.25) is 0 Å². The maximum Gasteiger partial charge on any atom is 0.124 e. The third-order valence-electron chi connectivity index (χ3n) is 4.78. The average molecular weight is 359 g/mol. The second kappa shape index (κ2) is 8.14. The largest absolute Gasteiger partial charge is 0.369 e. The molecule has 1 fully saturated rings. The number of aromatic nitrogens is 1. The Kier molecular flexibility index (Phi) is 5.26. The van der Waals surface area contributed by atoms with E-state index in [-0.39, 0.29) is 5.82 Å². The van der Waals surface area contributed by atoms with Crippen molar-refractivity contribution in [2.45, 2.75) is 0 Å². The van der Waals surface area contributed by atoms with Gasteiger partial charge in [0, 0.05) is 44.3 Å². The lowest BCUT2D eigenvalue weighted by atomic mass is 10.0. The third kappa shape index (κ3) is 4.41. The van der Waals surface area contributed by atoms with Crippen LogP contribution in [-0.2, 0) is 0 Å². The molecule has 4 rings (SSSR count). The van der Waals surface area contributed by atoms with Gasteiger partial charge in [-0.05, 0) is 64.7 Å². The molecule has 1 aliphatic heterocycles. The molecule has 1 N–H and O–H groups in total. The summed E-state index contributed by atoms with van der Waals surface area (Å²) in [5.41, 5.74) is 5.00. The third-order valence-corrected chi connectivity index (χ3v) is 4.78. The van der Waals surface area contributed by atoms with Crippen molar-refractivity contribution in [3.63, 3.8) is 0 Å². The Labute approximate surface area is 159 Å². The van der Waals surface area contributed by atoms with Gasteiger partial charge in [0.25, 0.3) is 0 Å². The summed E-state index contributed by atoms with van der Waals surface area (Å²) in [7, 11) is 0. The Morgan fingerprint density at radius 3 is 2.26 bits per heavy atom. The van der Waals surface area contributed by atoms with Gasteiger partial charge in [0.15, 0.2) is 0 Å². The van der Waals surface area contributed by atoms with Crippen molar-refractivity contribution < 1.29 is 4.39 Å². The Balaban J connectivity index is 1.51. The molecule has 136 valence electrons. The van der Waals surface area contributed by atoms with E-state index in [0.717, 1.165) is 48.4 Å². The minimum Gasteiger partial charge on any atom is -0.369 e. The molecule has 1 aliphatic rings. The van der Waals surface area contributed by atoms with Crippen LogP contribution in [0.1, 0.15) is 11.1 Å². The summed E-state index contributed by atoms with van der Waals surface area (Å²) in [6.07, 6.45) is 7.41. The average Bonchev–Trinajstić information content (AvgIpc) is 2.73. The molecule has 0 unspecified atom stereocenters. The van der Waals surface area contributed by atoms with Crippen molar-refractivity contribution in [3.05, 3.63) is 83.9 Å². The normalized spacial score (nSPS) is 14.6. The summed E-state index contributed by atoms with van der Waals surface area (Å²) in [6, 6.07) is 17.4. The van der Waals surface area contributed by atoms with E-state index in [0.29, 0.717) is 0 Å². The van der Waals surface area contributed by atoms with Crippen molar-refractivity contribution in [3.8, 4) is 11.1 Å². The highest BCUT2D eigenvalue weighted by molar-refractivity contribution is 5.74. The number of rotatable bonds is 4. The summed E-state index contributed by atoms with van der Waals surface area (Å²) in [5.74, 6) is -0.238. The molecule has 3 nitrogen and oxygen atoms in total. The lowest BCUT2D eigenvalue weighted by molar-refractivity contribution is 0.589. The van der Waals surface area contributed by atoms with Crippen molar-refractivity contribution in [2.75, 3.05) is 31.1 Å². The molecule has 0 bridgehead atoms. The summed E-state index contributed by atoms with van der Waals surface area (Å²) in [4.78, 5) is 6.40. The van der Waals surface area contributed by atoms with Crippen LogP contribution in [0.5, 0.6) is 0 Å². The molecule has 0 aliphatic carbocycles. The quantitative estimate of drug-likeness (QED) is 0.697. The van der Waals surface area contributed by atoms with Gasteiger partial charge < -0.3 is 10.2 Å². The van der Waals surface area contributed by atoms with Crippen LogP contribution in [0.15, 0.2) is 67.0 Å². The SMILES string of the molecule is Fc1cc(C=Cc2ccc(N3CCNCC3)cc2)cc(-c2ccncc2)c1. The van der Waals surface area contributed by atoms with E-state index < -0.39 is 0 Å². The van der Waals surface area contributed by atoms with E-state index in [4.69, 9.17) is 0 Å². The van der Waals surface area contributed by atoms with Crippen molar-refractivity contribution >= 4 is 17.8 Å². The highest BCUT2D eigenvalue weighted by Gasteiger charge is 2.09. The first-order valence-electron chi connectivity index (χ1n) is 9.23. The van der Waals surface area contributed by atoms with Crippen LogP contribution in [0.3, 0.4) is 0 Å². The molecule has 27 heavy (non-hydrogen) atoms. The molecule has 4 heteroatoms. The fraction of sp³-hybridized carbons (Fsp3) is 0.174. The molecule has 0 amide bonds. The van der Waals surface area contributed by atoms with Crippen LogP contribution in [0, 0.1) is 5.82 Å². The number of piperazine rings is 1. The van der Waals surface area contributed by atoms with Gasteiger partial charge in [0.1, 0.15) is 5.82 Å². The van der Waals surface area contributed by atoms with Crippen molar-refractivity contribution in [2.24, 2.45) is 0 Å². The monoisotopic (exact) mass is 359 g/mol. The molecule has 3 aromatic rings. The van der Waals surface area contributed by atoms with Crippen LogP contribution in [0.2, 0.25) is 0 Å². The Morgan fingerprint density at radius 1 is 0.815 bits per heavy atom. The van der Waals surface area contributed by atoms with Gasteiger partial charge >= 0.3 is 0 Å². The van der Waals surface area contributed by atoms with Crippen LogP contribution < -0.4 is 10.2 Å². The van der Waals surface area contributed by atoms with E-state index >= 15 is 0 Å². The first kappa shape index (κ1) is 17.4. The second-order valence-electron chi connectivity index (χ2n) is 6.67. The molecular formula is C23H22FN3. The standard InChI is InChI=1S/C23H22FN3/c24-22-16-19(15-21(17-22)20-7-9-25-10-8-20)2-1-18-3-5-23(6-4-18)27-13-11-26-12-14-27/h1-10,15-17,26H,11-14H2. The number of halogens is 1. The van der Waals surface area contributed by atoms with E-state index in [9.17, 15) is 4.39 Å². The first-order valence-corrected chi connectivity index (χ1v) is 9.23. The van der Waals surface area contributed by atoms with Gasteiger partial charge in [-0.2, -0.15) is 0 Å².